The second-order valence-electron chi connectivity index (χ2n) is 5.26. The van der Waals surface area contributed by atoms with E-state index < -0.39 is 29.0 Å². The fourth-order valence-corrected chi connectivity index (χ4v) is 2.66. The van der Waals surface area contributed by atoms with Crippen molar-refractivity contribution in [3.8, 4) is 0 Å². The lowest BCUT2D eigenvalue weighted by atomic mass is 9.96. The molecular formula is C15H15ClF3N3O3. The molecule has 1 heterocycles. The van der Waals surface area contributed by atoms with Gasteiger partial charge in [0.1, 0.15) is 18.0 Å². The van der Waals surface area contributed by atoms with E-state index in [0.717, 1.165) is 7.05 Å². The largest absolute Gasteiger partial charge is 0.431 e. The maximum absolute atomic E-state index is 12.9. The van der Waals surface area contributed by atoms with Gasteiger partial charge in [0, 0.05) is 24.7 Å². The summed E-state index contributed by atoms with van der Waals surface area (Å²) in [5.74, 6) is -0.633. The van der Waals surface area contributed by atoms with Crippen LogP contribution < -0.4 is 11.2 Å². The van der Waals surface area contributed by atoms with Crippen molar-refractivity contribution < 1.29 is 18.0 Å². The lowest BCUT2D eigenvalue weighted by molar-refractivity contribution is -0.144. The maximum atomic E-state index is 12.9. The first-order valence-electron chi connectivity index (χ1n) is 7.27. The van der Waals surface area contributed by atoms with Gasteiger partial charge in [0.15, 0.2) is 0 Å². The highest BCUT2D eigenvalue weighted by Gasteiger charge is 2.36. The second kappa shape index (κ2) is 6.91. The van der Waals surface area contributed by atoms with Crippen molar-refractivity contribution in [3.05, 3.63) is 49.8 Å². The van der Waals surface area contributed by atoms with E-state index in [0.29, 0.717) is 15.2 Å². The van der Waals surface area contributed by atoms with Crippen molar-refractivity contribution in [2.24, 2.45) is 18.1 Å². The Morgan fingerprint density at radius 1 is 1.32 bits per heavy atom. The monoisotopic (exact) mass is 377 g/mol. The van der Waals surface area contributed by atoms with Crippen LogP contribution in [-0.2, 0) is 18.1 Å². The molecular weight excluding hydrogens is 363 g/mol. The summed E-state index contributed by atoms with van der Waals surface area (Å²) in [6.07, 6.45) is -2.02. The molecule has 0 fully saturated rings. The van der Waals surface area contributed by atoms with Crippen LogP contribution in [0.25, 0.3) is 5.70 Å². The van der Waals surface area contributed by atoms with E-state index in [1.807, 2.05) is 0 Å². The summed E-state index contributed by atoms with van der Waals surface area (Å²) in [6, 6.07) is 0.383. The standard InChI is InChI=1S/C15H15ClF3N3O3/c1-4-25-20-13-8(2)10(6-5-9(13)16)22-12(23)7-11(15(17,18)19)21(3)14(22)24/h5-8H,4H2,1-3H3. The van der Waals surface area contributed by atoms with Crippen LogP contribution in [0.3, 0.4) is 0 Å². The summed E-state index contributed by atoms with van der Waals surface area (Å²) in [5.41, 5.74) is -3.09. The molecule has 10 heteroatoms. The van der Waals surface area contributed by atoms with Gasteiger partial charge in [0.25, 0.3) is 5.56 Å². The van der Waals surface area contributed by atoms with E-state index in [9.17, 15) is 22.8 Å². The fourth-order valence-electron chi connectivity index (χ4n) is 2.40. The summed E-state index contributed by atoms with van der Waals surface area (Å²) < 4.78 is 39.8. The van der Waals surface area contributed by atoms with Crippen molar-refractivity contribution >= 4 is 23.0 Å². The zero-order valence-electron chi connectivity index (χ0n) is 13.6. The van der Waals surface area contributed by atoms with Crippen LogP contribution >= 0.6 is 11.6 Å². The molecule has 25 heavy (non-hydrogen) atoms. The number of nitrogens with zero attached hydrogens (tertiary/aromatic N) is 3. The summed E-state index contributed by atoms with van der Waals surface area (Å²) in [4.78, 5) is 29.5. The molecule has 0 saturated carbocycles. The van der Waals surface area contributed by atoms with E-state index >= 15 is 0 Å². The van der Waals surface area contributed by atoms with Crippen molar-refractivity contribution in [3.63, 3.8) is 0 Å². The minimum atomic E-state index is -4.82. The first-order chi connectivity index (χ1) is 11.6. The number of alkyl halides is 3. The van der Waals surface area contributed by atoms with Crippen LogP contribution in [0.4, 0.5) is 13.2 Å². The lowest BCUT2D eigenvalue weighted by Crippen LogP contribution is -2.43. The molecule has 136 valence electrons. The topological polar surface area (TPSA) is 65.6 Å². The Bertz CT molecular complexity index is 894. The molecule has 1 aliphatic rings. The van der Waals surface area contributed by atoms with Gasteiger partial charge in [0.2, 0.25) is 0 Å². The third-order valence-corrected chi connectivity index (χ3v) is 3.98. The van der Waals surface area contributed by atoms with Crippen molar-refractivity contribution in [2.75, 3.05) is 6.61 Å². The second-order valence-corrected chi connectivity index (χ2v) is 5.67. The Hall–Kier alpha value is -2.29. The van der Waals surface area contributed by atoms with Crippen LogP contribution in [0.15, 0.2) is 38.0 Å². The Labute approximate surface area is 145 Å². The molecule has 0 amide bonds. The van der Waals surface area contributed by atoms with E-state index in [1.165, 1.54) is 12.2 Å². The molecule has 1 aliphatic carbocycles. The highest BCUT2D eigenvalue weighted by Crippen LogP contribution is 2.29. The van der Waals surface area contributed by atoms with Gasteiger partial charge in [-0.05, 0) is 19.1 Å². The van der Waals surface area contributed by atoms with E-state index in [2.05, 4.69) is 5.16 Å². The minimum absolute atomic E-state index is 0.155. The zero-order chi connectivity index (χ0) is 18.9. The highest BCUT2D eigenvalue weighted by molar-refractivity contribution is 6.45. The smallest absolute Gasteiger partial charge is 0.396 e. The van der Waals surface area contributed by atoms with Crippen LogP contribution in [0.5, 0.6) is 0 Å². The van der Waals surface area contributed by atoms with E-state index in [4.69, 9.17) is 16.4 Å². The SMILES string of the molecule is CCON=C1C(Cl)=CC=C(n2c(=O)cc(C(F)(F)F)n(C)c2=O)C1C. The number of rotatable bonds is 3. The molecule has 0 spiro atoms. The van der Waals surface area contributed by atoms with Gasteiger partial charge in [-0.15, -0.1) is 0 Å². The predicted octanol–water partition coefficient (Wildman–Crippen LogP) is 2.57. The summed E-state index contributed by atoms with van der Waals surface area (Å²) in [6.45, 7) is 3.60. The molecule has 0 bridgehead atoms. The first kappa shape index (κ1) is 19.0. The third-order valence-electron chi connectivity index (χ3n) is 3.66. The minimum Gasteiger partial charge on any atom is -0.396 e. The maximum Gasteiger partial charge on any atom is 0.431 e. The Kier molecular flexibility index (Phi) is 5.26. The van der Waals surface area contributed by atoms with Crippen LogP contribution in [0.1, 0.15) is 19.5 Å². The number of allylic oxidation sites excluding steroid dienone is 4. The van der Waals surface area contributed by atoms with Crippen molar-refractivity contribution in [1.82, 2.24) is 9.13 Å². The number of hydrogen-bond donors (Lipinski definition) is 0. The van der Waals surface area contributed by atoms with E-state index in [-0.39, 0.29) is 23.0 Å². The average molecular weight is 378 g/mol. The molecule has 1 aromatic heterocycles. The molecule has 1 unspecified atom stereocenters. The Morgan fingerprint density at radius 2 is 1.96 bits per heavy atom. The first-order valence-corrected chi connectivity index (χ1v) is 7.65. The summed E-state index contributed by atoms with van der Waals surface area (Å²) in [7, 11) is 0.952. The molecule has 0 aromatic carbocycles. The van der Waals surface area contributed by atoms with Gasteiger partial charge in [-0.1, -0.05) is 23.7 Å². The van der Waals surface area contributed by atoms with Gasteiger partial charge in [-0.3, -0.25) is 9.36 Å². The highest BCUT2D eigenvalue weighted by atomic mass is 35.5. The summed E-state index contributed by atoms with van der Waals surface area (Å²) >= 11 is 6.05. The molecule has 0 radical (unpaired) electrons. The van der Waals surface area contributed by atoms with Crippen LogP contribution in [0.2, 0.25) is 0 Å². The lowest BCUT2D eigenvalue weighted by Gasteiger charge is -2.23. The van der Waals surface area contributed by atoms with Gasteiger partial charge in [0.05, 0.1) is 5.03 Å². The van der Waals surface area contributed by atoms with Crippen LogP contribution in [0, 0.1) is 5.92 Å². The summed E-state index contributed by atoms with van der Waals surface area (Å²) in [5, 5.41) is 4.10. The molecule has 1 aromatic rings. The molecule has 6 nitrogen and oxygen atoms in total. The van der Waals surface area contributed by atoms with E-state index in [1.54, 1.807) is 13.8 Å². The molecule has 0 aliphatic heterocycles. The number of hydrogen-bond acceptors (Lipinski definition) is 4. The zero-order valence-corrected chi connectivity index (χ0v) is 14.4. The number of halogens is 4. The quantitative estimate of drug-likeness (QED) is 0.760. The predicted molar refractivity (Wildman–Crippen MR) is 87.4 cm³/mol. The molecule has 2 rings (SSSR count). The Morgan fingerprint density at radius 3 is 2.52 bits per heavy atom. The van der Waals surface area contributed by atoms with Crippen molar-refractivity contribution in [2.45, 2.75) is 20.0 Å². The number of oxime groups is 1. The van der Waals surface area contributed by atoms with Gasteiger partial charge in [-0.25, -0.2) is 9.36 Å². The molecule has 0 saturated heterocycles. The van der Waals surface area contributed by atoms with Gasteiger partial charge in [-0.2, -0.15) is 13.2 Å². The molecule has 0 N–H and O–H groups in total. The fraction of sp³-hybridized carbons (Fsp3) is 0.400. The van der Waals surface area contributed by atoms with Crippen molar-refractivity contribution in [1.29, 1.82) is 0 Å². The Balaban J connectivity index is 2.66. The average Bonchev–Trinajstić information content (AvgIpc) is 2.52. The molecule has 1 atom stereocenters. The van der Waals surface area contributed by atoms with Crippen LogP contribution in [-0.4, -0.2) is 21.5 Å². The van der Waals surface area contributed by atoms with Gasteiger partial charge < -0.3 is 4.84 Å². The van der Waals surface area contributed by atoms with Gasteiger partial charge >= 0.3 is 11.9 Å². The number of aromatic nitrogens is 2. The normalized spacial score (nSPS) is 19.6. The third kappa shape index (κ3) is 3.55.